The SMILES string of the molecule is COc1cc(/C=C2/C(=O)Nc3ccc(C(=O)O)cc32)cc(OC)c1OC. The summed E-state index contributed by atoms with van der Waals surface area (Å²) in [7, 11) is 4.52. The third-order valence-electron chi connectivity index (χ3n) is 4.05. The highest BCUT2D eigenvalue weighted by Crippen LogP contribution is 2.40. The van der Waals surface area contributed by atoms with Crippen LogP contribution in [0.2, 0.25) is 0 Å². The Morgan fingerprint density at radius 1 is 1.04 bits per heavy atom. The molecule has 0 aromatic heterocycles. The Kier molecular flexibility index (Phi) is 4.53. The number of methoxy groups -OCH3 is 3. The number of hydrogen-bond donors (Lipinski definition) is 2. The third kappa shape index (κ3) is 2.95. The molecule has 0 fully saturated rings. The summed E-state index contributed by atoms with van der Waals surface area (Å²) in [5.41, 5.74) is 2.22. The van der Waals surface area contributed by atoms with Gasteiger partial charge in [0.05, 0.1) is 26.9 Å². The van der Waals surface area contributed by atoms with Crippen LogP contribution < -0.4 is 19.5 Å². The van der Waals surface area contributed by atoms with Gasteiger partial charge in [-0.2, -0.15) is 0 Å². The van der Waals surface area contributed by atoms with Crippen molar-refractivity contribution in [3.05, 3.63) is 47.0 Å². The first kappa shape index (κ1) is 17.3. The molecule has 0 radical (unpaired) electrons. The van der Waals surface area contributed by atoms with Crippen molar-refractivity contribution in [1.82, 2.24) is 0 Å². The Bertz CT molecular complexity index is 907. The first-order valence-electron chi connectivity index (χ1n) is 7.69. The van der Waals surface area contributed by atoms with E-state index in [1.165, 1.54) is 33.5 Å². The molecule has 0 atom stereocenters. The van der Waals surface area contributed by atoms with Gasteiger partial charge in [-0.25, -0.2) is 4.79 Å². The predicted molar refractivity (Wildman–Crippen MR) is 96.0 cm³/mol. The van der Waals surface area contributed by atoms with Crippen LogP contribution in [0.1, 0.15) is 21.5 Å². The molecule has 2 aromatic carbocycles. The van der Waals surface area contributed by atoms with Gasteiger partial charge in [0, 0.05) is 16.8 Å². The van der Waals surface area contributed by atoms with E-state index in [2.05, 4.69) is 5.32 Å². The molecule has 0 spiro atoms. The summed E-state index contributed by atoms with van der Waals surface area (Å²) in [4.78, 5) is 23.5. The van der Waals surface area contributed by atoms with Crippen molar-refractivity contribution in [3.63, 3.8) is 0 Å². The summed E-state index contributed by atoms with van der Waals surface area (Å²) in [6, 6.07) is 7.91. The first-order chi connectivity index (χ1) is 12.5. The molecular weight excluding hydrogens is 338 g/mol. The molecule has 0 saturated carbocycles. The lowest BCUT2D eigenvalue weighted by atomic mass is 10.0. The zero-order valence-corrected chi connectivity index (χ0v) is 14.5. The summed E-state index contributed by atoms with van der Waals surface area (Å²) < 4.78 is 15.9. The fraction of sp³-hybridized carbons (Fsp3) is 0.158. The van der Waals surface area contributed by atoms with E-state index in [-0.39, 0.29) is 11.5 Å². The van der Waals surface area contributed by atoms with Crippen molar-refractivity contribution in [1.29, 1.82) is 0 Å². The molecule has 1 heterocycles. The number of hydrogen-bond acceptors (Lipinski definition) is 5. The van der Waals surface area contributed by atoms with Gasteiger partial charge < -0.3 is 24.6 Å². The monoisotopic (exact) mass is 355 g/mol. The molecule has 7 heteroatoms. The quantitative estimate of drug-likeness (QED) is 0.801. The van der Waals surface area contributed by atoms with Crippen molar-refractivity contribution < 1.29 is 28.9 Å². The number of rotatable bonds is 5. The lowest BCUT2D eigenvalue weighted by molar-refractivity contribution is -0.110. The molecule has 7 nitrogen and oxygen atoms in total. The Hall–Kier alpha value is -3.48. The molecule has 2 aromatic rings. The second-order valence-corrected chi connectivity index (χ2v) is 5.54. The number of carbonyl (C=O) groups is 2. The van der Waals surface area contributed by atoms with E-state index < -0.39 is 5.97 Å². The van der Waals surface area contributed by atoms with Gasteiger partial charge in [0.15, 0.2) is 11.5 Å². The third-order valence-corrected chi connectivity index (χ3v) is 4.05. The molecule has 1 amide bonds. The van der Waals surface area contributed by atoms with Crippen LogP contribution in [0, 0.1) is 0 Å². The fourth-order valence-corrected chi connectivity index (χ4v) is 2.82. The summed E-state index contributed by atoms with van der Waals surface area (Å²) in [6.45, 7) is 0. The highest BCUT2D eigenvalue weighted by molar-refractivity contribution is 6.35. The predicted octanol–water partition coefficient (Wildman–Crippen LogP) is 2.90. The second-order valence-electron chi connectivity index (χ2n) is 5.54. The average molecular weight is 355 g/mol. The van der Waals surface area contributed by atoms with Crippen LogP contribution in [0.3, 0.4) is 0 Å². The van der Waals surface area contributed by atoms with E-state index in [0.717, 1.165) is 0 Å². The van der Waals surface area contributed by atoms with Crippen molar-refractivity contribution in [3.8, 4) is 17.2 Å². The number of ether oxygens (including phenoxy) is 3. The second kappa shape index (κ2) is 6.79. The molecular formula is C19H17NO6. The van der Waals surface area contributed by atoms with Gasteiger partial charge in [-0.05, 0) is 42.0 Å². The molecule has 0 saturated heterocycles. The van der Waals surface area contributed by atoms with Crippen molar-refractivity contribution >= 4 is 29.2 Å². The Labute approximate surface area is 149 Å². The summed E-state index contributed by atoms with van der Waals surface area (Å²) in [5.74, 6) is -0.00890. The van der Waals surface area contributed by atoms with Crippen molar-refractivity contribution in [2.45, 2.75) is 0 Å². The van der Waals surface area contributed by atoms with Gasteiger partial charge in [-0.3, -0.25) is 4.79 Å². The Balaban J connectivity index is 2.13. The van der Waals surface area contributed by atoms with Crippen molar-refractivity contribution in [2.24, 2.45) is 0 Å². The fourth-order valence-electron chi connectivity index (χ4n) is 2.82. The topological polar surface area (TPSA) is 94.1 Å². The minimum absolute atomic E-state index is 0.107. The molecule has 0 bridgehead atoms. The average Bonchev–Trinajstić information content (AvgIpc) is 2.95. The maximum Gasteiger partial charge on any atom is 0.335 e. The van der Waals surface area contributed by atoms with E-state index in [4.69, 9.17) is 14.2 Å². The number of benzene rings is 2. The van der Waals surface area contributed by atoms with E-state index in [1.807, 2.05) is 0 Å². The van der Waals surface area contributed by atoms with Crippen LogP contribution in [0.25, 0.3) is 11.6 Å². The number of carboxylic acids is 1. The number of aromatic carboxylic acids is 1. The van der Waals surface area contributed by atoms with E-state index in [1.54, 1.807) is 24.3 Å². The van der Waals surface area contributed by atoms with Crippen LogP contribution in [0.15, 0.2) is 30.3 Å². The lowest BCUT2D eigenvalue weighted by Gasteiger charge is -2.13. The van der Waals surface area contributed by atoms with Crippen LogP contribution in [-0.4, -0.2) is 38.3 Å². The standard InChI is InChI=1S/C19H17NO6/c1-24-15-7-10(8-16(25-2)17(15)26-3)6-13-12-9-11(19(22)23)4-5-14(12)20-18(13)21/h4-9H,1-3H3,(H,20,21)(H,22,23)/b13-6+. The van der Waals surface area contributed by atoms with Crippen molar-refractivity contribution in [2.75, 3.05) is 26.6 Å². The molecule has 2 N–H and O–H groups in total. The normalized spacial score (nSPS) is 14.0. The number of nitrogens with one attached hydrogen (secondary N) is 1. The largest absolute Gasteiger partial charge is 0.493 e. The summed E-state index contributed by atoms with van der Waals surface area (Å²) in [5, 5.41) is 11.9. The Morgan fingerprint density at radius 3 is 2.23 bits per heavy atom. The van der Waals surface area contributed by atoms with Gasteiger partial charge in [0.25, 0.3) is 5.91 Å². The van der Waals surface area contributed by atoms with E-state index in [0.29, 0.717) is 39.6 Å². The van der Waals surface area contributed by atoms with Gasteiger partial charge in [-0.1, -0.05) is 0 Å². The van der Waals surface area contributed by atoms with Gasteiger partial charge in [-0.15, -0.1) is 0 Å². The van der Waals surface area contributed by atoms with Gasteiger partial charge in [0.1, 0.15) is 0 Å². The molecule has 1 aliphatic heterocycles. The molecule has 0 aliphatic carbocycles. The number of carboxylic acid groups (broad SMARTS) is 1. The van der Waals surface area contributed by atoms with Gasteiger partial charge in [0.2, 0.25) is 5.75 Å². The minimum atomic E-state index is -1.06. The molecule has 1 aliphatic rings. The van der Waals surface area contributed by atoms with Crippen LogP contribution in [0.5, 0.6) is 17.2 Å². The number of carbonyl (C=O) groups excluding carboxylic acids is 1. The Morgan fingerprint density at radius 2 is 1.69 bits per heavy atom. The zero-order chi connectivity index (χ0) is 18.8. The van der Waals surface area contributed by atoms with E-state index in [9.17, 15) is 14.7 Å². The zero-order valence-electron chi connectivity index (χ0n) is 14.5. The minimum Gasteiger partial charge on any atom is -0.493 e. The van der Waals surface area contributed by atoms with Crippen LogP contribution in [-0.2, 0) is 4.79 Å². The molecule has 0 unspecified atom stereocenters. The summed E-state index contributed by atoms with van der Waals surface area (Å²) in [6.07, 6.45) is 1.65. The first-order valence-corrected chi connectivity index (χ1v) is 7.69. The maximum absolute atomic E-state index is 12.3. The highest BCUT2D eigenvalue weighted by Gasteiger charge is 2.25. The molecule has 134 valence electrons. The van der Waals surface area contributed by atoms with Gasteiger partial charge >= 0.3 is 5.97 Å². The lowest BCUT2D eigenvalue weighted by Crippen LogP contribution is -2.03. The van der Waals surface area contributed by atoms with E-state index >= 15 is 0 Å². The van der Waals surface area contributed by atoms with Crippen LogP contribution >= 0.6 is 0 Å². The number of anilines is 1. The summed E-state index contributed by atoms with van der Waals surface area (Å²) >= 11 is 0. The number of fused-ring (bicyclic) bond motifs is 1. The highest BCUT2D eigenvalue weighted by atomic mass is 16.5. The maximum atomic E-state index is 12.3. The smallest absolute Gasteiger partial charge is 0.335 e. The van der Waals surface area contributed by atoms with Crippen LogP contribution in [0.4, 0.5) is 5.69 Å². The number of amides is 1. The molecule has 26 heavy (non-hydrogen) atoms. The molecule has 3 rings (SSSR count).